The van der Waals surface area contributed by atoms with Crippen LogP contribution in [0.25, 0.3) is 0 Å². The van der Waals surface area contributed by atoms with Gasteiger partial charge in [0.05, 0.1) is 0 Å². The molecule has 0 radical (unpaired) electrons. The number of allylic oxidation sites excluding steroid dienone is 8. The molecule has 0 aromatic carbocycles. The van der Waals surface area contributed by atoms with Gasteiger partial charge in [-0.3, -0.25) is 0 Å². The average Bonchev–Trinajstić information content (AvgIpc) is 2.20. The van der Waals surface area contributed by atoms with E-state index in [4.69, 9.17) is 0 Å². The van der Waals surface area contributed by atoms with Crippen molar-refractivity contribution < 1.29 is 0 Å². The Morgan fingerprint density at radius 1 is 0.923 bits per heavy atom. The molecule has 1 heteroatoms. The zero-order chi connectivity index (χ0) is 9.10. The van der Waals surface area contributed by atoms with E-state index in [0.717, 1.165) is 0 Å². The zero-order valence-corrected chi connectivity index (χ0v) is 8.22. The van der Waals surface area contributed by atoms with Gasteiger partial charge in [0.1, 0.15) is 7.85 Å². The summed E-state index contributed by atoms with van der Waals surface area (Å²) < 4.78 is 0. The first-order valence-electron chi connectivity index (χ1n) is 5.08. The Hall–Kier alpha value is -0.975. The Morgan fingerprint density at radius 2 is 1.77 bits per heavy atom. The molecular formula is C12H15B. The SMILES string of the molecule is BC1=CC=C(C2=CC=CCC2)CC1. The van der Waals surface area contributed by atoms with E-state index in [1.165, 1.54) is 31.2 Å². The lowest BCUT2D eigenvalue weighted by Gasteiger charge is -2.16. The zero-order valence-electron chi connectivity index (χ0n) is 8.22. The molecule has 0 aromatic heterocycles. The average molecular weight is 170 g/mol. The monoisotopic (exact) mass is 170 g/mol. The van der Waals surface area contributed by atoms with Crippen molar-refractivity contribution in [3.63, 3.8) is 0 Å². The Labute approximate surface area is 81.1 Å². The fourth-order valence-corrected chi connectivity index (χ4v) is 1.88. The van der Waals surface area contributed by atoms with Gasteiger partial charge in [-0.25, -0.2) is 0 Å². The number of hydrogen-bond acceptors (Lipinski definition) is 0. The molecule has 0 heterocycles. The van der Waals surface area contributed by atoms with E-state index in [1.807, 2.05) is 0 Å². The van der Waals surface area contributed by atoms with Crippen LogP contribution in [0.3, 0.4) is 0 Å². The first-order chi connectivity index (χ1) is 6.36. The smallest absolute Gasteiger partial charge is 0.110 e. The highest BCUT2D eigenvalue weighted by Crippen LogP contribution is 2.27. The Balaban J connectivity index is 2.17. The first kappa shape index (κ1) is 8.62. The lowest BCUT2D eigenvalue weighted by Crippen LogP contribution is -1.98. The molecule has 2 rings (SSSR count). The van der Waals surface area contributed by atoms with E-state index in [9.17, 15) is 0 Å². The van der Waals surface area contributed by atoms with Gasteiger partial charge in [0, 0.05) is 0 Å². The molecule has 0 atom stereocenters. The fourth-order valence-electron chi connectivity index (χ4n) is 1.88. The Kier molecular flexibility index (Phi) is 2.53. The van der Waals surface area contributed by atoms with Crippen molar-refractivity contribution in [3.8, 4) is 0 Å². The Morgan fingerprint density at radius 3 is 2.38 bits per heavy atom. The van der Waals surface area contributed by atoms with Gasteiger partial charge >= 0.3 is 0 Å². The van der Waals surface area contributed by atoms with E-state index in [-0.39, 0.29) is 0 Å². The van der Waals surface area contributed by atoms with E-state index >= 15 is 0 Å². The van der Waals surface area contributed by atoms with Crippen molar-refractivity contribution in [3.05, 3.63) is 47.0 Å². The molecule has 0 saturated heterocycles. The molecule has 2 aliphatic rings. The standard InChI is InChI=1S/C12H15B/c13-12-8-6-11(7-9-12)10-4-2-1-3-5-10/h1-2,4,6,8H,3,5,7,9,13H2. The van der Waals surface area contributed by atoms with E-state index in [2.05, 4.69) is 38.2 Å². The molecule has 13 heavy (non-hydrogen) atoms. The molecule has 0 saturated carbocycles. The van der Waals surface area contributed by atoms with Crippen molar-refractivity contribution in [1.82, 2.24) is 0 Å². The second-order valence-electron chi connectivity index (χ2n) is 3.86. The molecule has 0 nitrogen and oxygen atoms in total. The summed E-state index contributed by atoms with van der Waals surface area (Å²) in [6.07, 6.45) is 16.2. The van der Waals surface area contributed by atoms with E-state index < -0.39 is 0 Å². The van der Waals surface area contributed by atoms with Gasteiger partial charge in [0.2, 0.25) is 0 Å². The summed E-state index contributed by atoms with van der Waals surface area (Å²) in [5.41, 5.74) is 4.61. The topological polar surface area (TPSA) is 0 Å². The maximum Gasteiger partial charge on any atom is 0.133 e. The van der Waals surface area contributed by atoms with Crippen LogP contribution < -0.4 is 0 Å². The minimum Gasteiger partial charge on any atom is -0.110 e. The van der Waals surface area contributed by atoms with Crippen LogP contribution in [0.15, 0.2) is 47.0 Å². The maximum atomic E-state index is 2.30. The summed E-state index contributed by atoms with van der Waals surface area (Å²) in [7, 11) is 2.21. The lowest BCUT2D eigenvalue weighted by molar-refractivity contribution is 0.891. The van der Waals surface area contributed by atoms with Crippen molar-refractivity contribution in [2.75, 3.05) is 0 Å². The predicted octanol–water partition coefficient (Wildman–Crippen LogP) is 2.50. The second-order valence-corrected chi connectivity index (χ2v) is 3.86. The van der Waals surface area contributed by atoms with Crippen LogP contribution in [0.4, 0.5) is 0 Å². The summed E-state index contributed by atoms with van der Waals surface area (Å²) in [4.78, 5) is 0. The highest BCUT2D eigenvalue weighted by Gasteiger charge is 2.08. The normalized spacial score (nSPS) is 22.0. The third-order valence-corrected chi connectivity index (χ3v) is 2.78. The molecule has 0 bridgehead atoms. The van der Waals surface area contributed by atoms with Crippen molar-refractivity contribution >= 4 is 7.85 Å². The fraction of sp³-hybridized carbons (Fsp3) is 0.333. The molecule has 0 amide bonds. The minimum absolute atomic E-state index is 1.21. The van der Waals surface area contributed by atoms with Crippen LogP contribution in [0.1, 0.15) is 25.7 Å². The summed E-state index contributed by atoms with van der Waals surface area (Å²) in [5, 5.41) is 0. The van der Waals surface area contributed by atoms with Crippen molar-refractivity contribution in [1.29, 1.82) is 0 Å². The summed E-state index contributed by atoms with van der Waals surface area (Å²) in [6.45, 7) is 0. The van der Waals surface area contributed by atoms with E-state index in [1.54, 1.807) is 11.1 Å². The van der Waals surface area contributed by atoms with E-state index in [0.29, 0.717) is 0 Å². The molecule has 0 aliphatic heterocycles. The molecule has 66 valence electrons. The van der Waals surface area contributed by atoms with Crippen LogP contribution in [0.2, 0.25) is 0 Å². The third-order valence-electron chi connectivity index (χ3n) is 2.78. The first-order valence-corrected chi connectivity index (χ1v) is 5.08. The van der Waals surface area contributed by atoms with Crippen LogP contribution in [0, 0.1) is 0 Å². The summed E-state index contributed by atoms with van der Waals surface area (Å²) >= 11 is 0. The van der Waals surface area contributed by atoms with Crippen LogP contribution in [0.5, 0.6) is 0 Å². The molecule has 2 aliphatic carbocycles. The van der Waals surface area contributed by atoms with Gasteiger partial charge in [-0.2, -0.15) is 0 Å². The van der Waals surface area contributed by atoms with Gasteiger partial charge in [-0.1, -0.05) is 30.4 Å². The lowest BCUT2D eigenvalue weighted by atomic mass is 9.82. The molecule has 0 fully saturated rings. The van der Waals surface area contributed by atoms with Crippen LogP contribution in [-0.2, 0) is 0 Å². The van der Waals surface area contributed by atoms with Crippen LogP contribution >= 0.6 is 0 Å². The third kappa shape index (κ3) is 2.03. The number of hydrogen-bond donors (Lipinski definition) is 0. The highest BCUT2D eigenvalue weighted by atomic mass is 14.1. The van der Waals surface area contributed by atoms with Crippen LogP contribution in [-0.4, -0.2) is 7.85 Å². The summed E-state index contributed by atoms with van der Waals surface area (Å²) in [5.74, 6) is 0. The van der Waals surface area contributed by atoms with Gasteiger partial charge in [-0.05, 0) is 36.8 Å². The molecule has 0 spiro atoms. The number of rotatable bonds is 1. The predicted molar refractivity (Wildman–Crippen MR) is 60.4 cm³/mol. The quantitative estimate of drug-likeness (QED) is 0.530. The largest absolute Gasteiger partial charge is 0.133 e. The highest BCUT2D eigenvalue weighted by molar-refractivity contribution is 6.21. The minimum atomic E-state index is 1.21. The molecule has 0 N–H and O–H groups in total. The van der Waals surface area contributed by atoms with Gasteiger partial charge in [0.15, 0.2) is 0 Å². The summed E-state index contributed by atoms with van der Waals surface area (Å²) in [6, 6.07) is 0. The van der Waals surface area contributed by atoms with Gasteiger partial charge in [-0.15, -0.1) is 5.47 Å². The molecule has 0 aromatic rings. The maximum absolute atomic E-state index is 2.30. The second kappa shape index (κ2) is 3.82. The van der Waals surface area contributed by atoms with Crippen molar-refractivity contribution in [2.45, 2.75) is 25.7 Å². The Bertz CT molecular complexity index is 316. The van der Waals surface area contributed by atoms with Gasteiger partial charge < -0.3 is 0 Å². The van der Waals surface area contributed by atoms with Gasteiger partial charge in [0.25, 0.3) is 0 Å². The molecule has 0 unspecified atom stereocenters. The molecular weight excluding hydrogens is 155 g/mol. The van der Waals surface area contributed by atoms with Crippen molar-refractivity contribution in [2.24, 2.45) is 0 Å².